The quantitative estimate of drug-likeness (QED) is 0.716. The van der Waals surface area contributed by atoms with Gasteiger partial charge in [-0.25, -0.2) is 4.79 Å². The SMILES string of the molecule is CCC1(CNC(=O)Nc2ccc(N)cc2)CCC1. The fourth-order valence-electron chi connectivity index (χ4n) is 2.34. The summed E-state index contributed by atoms with van der Waals surface area (Å²) in [4.78, 5) is 11.7. The van der Waals surface area contributed by atoms with Gasteiger partial charge in [0.05, 0.1) is 0 Å². The second kappa shape index (κ2) is 5.29. The molecule has 1 aromatic carbocycles. The number of hydrogen-bond acceptors (Lipinski definition) is 2. The van der Waals surface area contributed by atoms with Gasteiger partial charge in [-0.1, -0.05) is 13.3 Å². The standard InChI is InChI=1S/C14H21N3O/c1-2-14(8-3-9-14)10-16-13(18)17-12-6-4-11(15)5-7-12/h4-7H,2-3,8-10,15H2,1H3,(H2,16,17,18). The molecule has 0 radical (unpaired) electrons. The normalized spacial score (nSPS) is 16.7. The predicted octanol–water partition coefficient (Wildman–Crippen LogP) is 2.97. The van der Waals surface area contributed by atoms with Crippen LogP contribution < -0.4 is 16.4 Å². The fourth-order valence-corrected chi connectivity index (χ4v) is 2.34. The Morgan fingerprint density at radius 3 is 2.50 bits per heavy atom. The van der Waals surface area contributed by atoms with Crippen molar-refractivity contribution in [1.82, 2.24) is 5.32 Å². The number of nitrogens with one attached hydrogen (secondary N) is 2. The molecule has 0 heterocycles. The van der Waals surface area contributed by atoms with E-state index in [4.69, 9.17) is 5.73 Å². The van der Waals surface area contributed by atoms with Crippen molar-refractivity contribution in [1.29, 1.82) is 0 Å². The number of benzene rings is 1. The van der Waals surface area contributed by atoms with Gasteiger partial charge in [0.2, 0.25) is 0 Å². The van der Waals surface area contributed by atoms with E-state index in [1.807, 2.05) is 0 Å². The monoisotopic (exact) mass is 247 g/mol. The Balaban J connectivity index is 1.80. The van der Waals surface area contributed by atoms with Crippen LogP contribution in [0.15, 0.2) is 24.3 Å². The van der Waals surface area contributed by atoms with Crippen LogP contribution in [0.25, 0.3) is 0 Å². The third kappa shape index (κ3) is 2.94. The van der Waals surface area contributed by atoms with Crippen LogP contribution in [0.1, 0.15) is 32.6 Å². The molecule has 0 aromatic heterocycles. The lowest BCUT2D eigenvalue weighted by atomic mass is 9.67. The largest absolute Gasteiger partial charge is 0.399 e. The molecule has 0 unspecified atom stereocenters. The second-order valence-corrected chi connectivity index (χ2v) is 5.14. The molecular weight excluding hydrogens is 226 g/mol. The molecule has 4 heteroatoms. The number of carbonyl (C=O) groups excluding carboxylic acids is 1. The van der Waals surface area contributed by atoms with Gasteiger partial charge in [-0.3, -0.25) is 0 Å². The van der Waals surface area contributed by atoms with Crippen LogP contribution in [0.2, 0.25) is 0 Å². The Morgan fingerprint density at radius 2 is 2.00 bits per heavy atom. The van der Waals surface area contributed by atoms with Crippen molar-refractivity contribution < 1.29 is 4.79 Å². The fraction of sp³-hybridized carbons (Fsp3) is 0.500. The van der Waals surface area contributed by atoms with Crippen molar-refractivity contribution in [3.63, 3.8) is 0 Å². The molecule has 1 saturated carbocycles. The van der Waals surface area contributed by atoms with Crippen LogP contribution in [0, 0.1) is 5.41 Å². The third-order valence-electron chi connectivity index (χ3n) is 3.96. The summed E-state index contributed by atoms with van der Waals surface area (Å²) in [7, 11) is 0. The summed E-state index contributed by atoms with van der Waals surface area (Å²) in [6.07, 6.45) is 4.88. The van der Waals surface area contributed by atoms with Crippen LogP contribution in [-0.2, 0) is 0 Å². The smallest absolute Gasteiger partial charge is 0.319 e. The highest BCUT2D eigenvalue weighted by molar-refractivity contribution is 5.89. The molecule has 2 amide bonds. The zero-order chi connectivity index (χ0) is 13.0. The van der Waals surface area contributed by atoms with E-state index >= 15 is 0 Å². The summed E-state index contributed by atoms with van der Waals surface area (Å²) in [5.41, 5.74) is 7.39. The first kappa shape index (κ1) is 12.7. The van der Waals surface area contributed by atoms with Gasteiger partial charge in [0.15, 0.2) is 0 Å². The molecular formula is C14H21N3O. The molecule has 0 bridgehead atoms. The first-order valence-corrected chi connectivity index (χ1v) is 6.54. The molecule has 4 nitrogen and oxygen atoms in total. The third-order valence-corrected chi connectivity index (χ3v) is 3.96. The van der Waals surface area contributed by atoms with Crippen molar-refractivity contribution in [2.75, 3.05) is 17.6 Å². The van der Waals surface area contributed by atoms with E-state index in [0.29, 0.717) is 11.1 Å². The van der Waals surface area contributed by atoms with Gasteiger partial charge in [0.1, 0.15) is 0 Å². The van der Waals surface area contributed by atoms with Crippen molar-refractivity contribution >= 4 is 17.4 Å². The maximum Gasteiger partial charge on any atom is 0.319 e. The lowest BCUT2D eigenvalue weighted by molar-refractivity contribution is 0.127. The van der Waals surface area contributed by atoms with E-state index < -0.39 is 0 Å². The van der Waals surface area contributed by atoms with Gasteiger partial charge in [0.25, 0.3) is 0 Å². The van der Waals surface area contributed by atoms with Crippen LogP contribution in [0.3, 0.4) is 0 Å². The van der Waals surface area contributed by atoms with Gasteiger partial charge in [0, 0.05) is 17.9 Å². The molecule has 98 valence electrons. The zero-order valence-electron chi connectivity index (χ0n) is 10.8. The molecule has 2 rings (SSSR count). The Hall–Kier alpha value is -1.71. The number of nitrogens with two attached hydrogens (primary N) is 1. The van der Waals surface area contributed by atoms with Crippen molar-refractivity contribution in [3.8, 4) is 0 Å². The number of carbonyl (C=O) groups is 1. The van der Waals surface area contributed by atoms with Gasteiger partial charge < -0.3 is 16.4 Å². The first-order chi connectivity index (χ1) is 8.63. The Kier molecular flexibility index (Phi) is 3.75. The summed E-state index contributed by atoms with van der Waals surface area (Å²) in [6.45, 7) is 2.96. The summed E-state index contributed by atoms with van der Waals surface area (Å²) in [5.74, 6) is 0. The first-order valence-electron chi connectivity index (χ1n) is 6.54. The molecule has 0 spiro atoms. The van der Waals surface area contributed by atoms with Gasteiger partial charge in [-0.2, -0.15) is 0 Å². The highest BCUT2D eigenvalue weighted by atomic mass is 16.2. The summed E-state index contributed by atoms with van der Waals surface area (Å²) < 4.78 is 0. The number of anilines is 2. The van der Waals surface area contributed by atoms with Gasteiger partial charge in [-0.05, 0) is 48.9 Å². The number of rotatable bonds is 4. The number of urea groups is 1. The van der Waals surface area contributed by atoms with E-state index in [1.54, 1.807) is 24.3 Å². The summed E-state index contributed by atoms with van der Waals surface area (Å²) in [6, 6.07) is 7.01. The van der Waals surface area contributed by atoms with Gasteiger partial charge >= 0.3 is 6.03 Å². The Bertz CT molecular complexity index is 404. The maximum absolute atomic E-state index is 11.7. The number of amides is 2. The lowest BCUT2D eigenvalue weighted by Gasteiger charge is -2.41. The summed E-state index contributed by atoms with van der Waals surface area (Å²) >= 11 is 0. The molecule has 1 aliphatic rings. The number of hydrogen-bond donors (Lipinski definition) is 3. The topological polar surface area (TPSA) is 67.2 Å². The molecule has 0 saturated heterocycles. The van der Waals surface area contributed by atoms with Crippen LogP contribution in [0.5, 0.6) is 0 Å². The Morgan fingerprint density at radius 1 is 1.33 bits per heavy atom. The molecule has 1 aromatic rings. The van der Waals surface area contributed by atoms with E-state index in [1.165, 1.54) is 19.3 Å². The van der Waals surface area contributed by atoms with Crippen LogP contribution in [0.4, 0.5) is 16.2 Å². The van der Waals surface area contributed by atoms with E-state index in [0.717, 1.165) is 18.7 Å². The molecule has 18 heavy (non-hydrogen) atoms. The highest BCUT2D eigenvalue weighted by Crippen LogP contribution is 2.42. The van der Waals surface area contributed by atoms with E-state index in [2.05, 4.69) is 17.6 Å². The minimum atomic E-state index is -0.139. The van der Waals surface area contributed by atoms with Crippen molar-refractivity contribution in [3.05, 3.63) is 24.3 Å². The van der Waals surface area contributed by atoms with Crippen LogP contribution >= 0.6 is 0 Å². The second-order valence-electron chi connectivity index (χ2n) is 5.14. The minimum Gasteiger partial charge on any atom is -0.399 e. The molecule has 0 atom stereocenters. The minimum absolute atomic E-state index is 0.139. The molecule has 1 aliphatic carbocycles. The summed E-state index contributed by atoms with van der Waals surface area (Å²) in [5, 5.41) is 5.77. The van der Waals surface area contributed by atoms with Gasteiger partial charge in [-0.15, -0.1) is 0 Å². The number of nitrogen functional groups attached to an aromatic ring is 1. The van der Waals surface area contributed by atoms with E-state index in [-0.39, 0.29) is 6.03 Å². The molecule has 4 N–H and O–H groups in total. The predicted molar refractivity (Wildman–Crippen MR) is 74.5 cm³/mol. The zero-order valence-corrected chi connectivity index (χ0v) is 10.8. The average molecular weight is 247 g/mol. The van der Waals surface area contributed by atoms with Crippen LogP contribution in [-0.4, -0.2) is 12.6 Å². The van der Waals surface area contributed by atoms with E-state index in [9.17, 15) is 4.79 Å². The average Bonchev–Trinajstić information content (AvgIpc) is 2.31. The van der Waals surface area contributed by atoms with Crippen molar-refractivity contribution in [2.45, 2.75) is 32.6 Å². The molecule has 0 aliphatic heterocycles. The lowest BCUT2D eigenvalue weighted by Crippen LogP contribution is -2.43. The maximum atomic E-state index is 11.7. The Labute approximate surface area is 108 Å². The van der Waals surface area contributed by atoms with Crippen molar-refractivity contribution in [2.24, 2.45) is 5.41 Å². The highest BCUT2D eigenvalue weighted by Gasteiger charge is 2.35. The molecule has 1 fully saturated rings.